The summed E-state index contributed by atoms with van der Waals surface area (Å²) in [4.78, 5) is 26.2. The molecule has 11 heteroatoms. The highest BCUT2D eigenvalue weighted by molar-refractivity contribution is 6.30. The number of pyridine rings is 1. The molecule has 0 spiro atoms. The third kappa shape index (κ3) is 4.28. The van der Waals surface area contributed by atoms with Crippen LogP contribution in [0, 0.1) is 12.7 Å². The van der Waals surface area contributed by atoms with Crippen LogP contribution in [0.1, 0.15) is 31.5 Å². The first-order chi connectivity index (χ1) is 16.5. The monoisotopic (exact) mass is 497 g/mol. The van der Waals surface area contributed by atoms with E-state index in [1.54, 1.807) is 45.4 Å². The zero-order valence-corrected chi connectivity index (χ0v) is 20.8. The molecule has 0 N–H and O–H groups in total. The summed E-state index contributed by atoms with van der Waals surface area (Å²) >= 11 is 5.99. The first-order valence-electron chi connectivity index (χ1n) is 11.2. The van der Waals surface area contributed by atoms with Crippen molar-refractivity contribution in [2.75, 3.05) is 18.0 Å². The summed E-state index contributed by atoms with van der Waals surface area (Å²) in [5.74, 6) is 0.487. The van der Waals surface area contributed by atoms with Crippen molar-refractivity contribution < 1.29 is 9.13 Å². The van der Waals surface area contributed by atoms with Gasteiger partial charge in [-0.25, -0.2) is 14.4 Å². The highest BCUT2D eigenvalue weighted by Crippen LogP contribution is 2.35. The Hall–Kier alpha value is -3.37. The SMILES string of the molecule is Cc1nc2c(-c3ccc(Cl)cc3F)nc(N3C[C@@H](c4cnn(C)n4)OC(C)(C)C3)cc2c(=O)n1C. The Kier molecular flexibility index (Phi) is 5.60. The van der Waals surface area contributed by atoms with Crippen LogP contribution in [0.4, 0.5) is 10.2 Å². The largest absolute Gasteiger partial charge is 0.362 e. The van der Waals surface area contributed by atoms with Gasteiger partial charge in [0.2, 0.25) is 0 Å². The number of hydrogen-bond donors (Lipinski definition) is 0. The van der Waals surface area contributed by atoms with Crippen LogP contribution in [0.25, 0.3) is 22.2 Å². The molecule has 0 aliphatic carbocycles. The van der Waals surface area contributed by atoms with Crippen LogP contribution in [0.5, 0.6) is 0 Å². The van der Waals surface area contributed by atoms with Crippen molar-refractivity contribution in [2.24, 2.45) is 14.1 Å². The van der Waals surface area contributed by atoms with Gasteiger partial charge in [-0.15, -0.1) is 0 Å². The van der Waals surface area contributed by atoms with Gasteiger partial charge in [0.25, 0.3) is 5.56 Å². The van der Waals surface area contributed by atoms with Crippen LogP contribution in [-0.4, -0.2) is 48.2 Å². The summed E-state index contributed by atoms with van der Waals surface area (Å²) in [6.45, 7) is 6.63. The molecule has 9 nitrogen and oxygen atoms in total. The molecule has 3 aromatic heterocycles. The molecule has 0 amide bonds. The second kappa shape index (κ2) is 8.39. The molecule has 0 bridgehead atoms. The summed E-state index contributed by atoms with van der Waals surface area (Å²) in [5, 5.41) is 9.20. The number of morpholine rings is 1. The molecule has 1 atom stereocenters. The standard InChI is InChI=1S/C24H25ClFN7O2/c1-13-28-22-16(23(34)31(13)4)9-20(29-21(22)15-7-6-14(25)8-17(15)26)33-11-19(35-24(2,3)12-33)18-10-27-32(5)30-18/h6-10,19H,11-12H2,1-5H3/t19-/m0/s1. The highest BCUT2D eigenvalue weighted by atomic mass is 35.5. The predicted octanol–water partition coefficient (Wildman–Crippen LogP) is 3.58. The minimum Gasteiger partial charge on any atom is -0.362 e. The lowest BCUT2D eigenvalue weighted by Crippen LogP contribution is -2.50. The number of aryl methyl sites for hydroxylation is 2. The van der Waals surface area contributed by atoms with E-state index in [0.29, 0.717) is 41.3 Å². The first-order valence-corrected chi connectivity index (χ1v) is 11.5. The summed E-state index contributed by atoms with van der Waals surface area (Å²) in [7, 11) is 3.41. The van der Waals surface area contributed by atoms with Crippen LogP contribution in [0.2, 0.25) is 5.02 Å². The predicted molar refractivity (Wildman–Crippen MR) is 131 cm³/mol. The molecule has 182 valence electrons. The molecule has 1 fully saturated rings. The van der Waals surface area contributed by atoms with E-state index in [2.05, 4.69) is 15.2 Å². The molecular weight excluding hydrogens is 473 g/mol. The number of rotatable bonds is 3. The molecular formula is C24H25ClFN7O2. The number of anilines is 1. The first kappa shape index (κ1) is 23.4. The van der Waals surface area contributed by atoms with Crippen molar-refractivity contribution in [3.8, 4) is 11.3 Å². The molecule has 35 heavy (non-hydrogen) atoms. The summed E-state index contributed by atoms with van der Waals surface area (Å²) in [6.07, 6.45) is 1.31. The van der Waals surface area contributed by atoms with Crippen molar-refractivity contribution in [3.05, 3.63) is 63.2 Å². The lowest BCUT2D eigenvalue weighted by atomic mass is 10.0. The summed E-state index contributed by atoms with van der Waals surface area (Å²) in [5.41, 5.74) is 0.771. The molecule has 4 aromatic rings. The fourth-order valence-corrected chi connectivity index (χ4v) is 4.58. The number of nitrogens with zero attached hydrogens (tertiary/aromatic N) is 7. The van der Waals surface area contributed by atoms with Crippen LogP contribution >= 0.6 is 11.6 Å². The van der Waals surface area contributed by atoms with E-state index >= 15 is 4.39 Å². The Labute approximate surface area is 206 Å². The van der Waals surface area contributed by atoms with Gasteiger partial charge in [-0.05, 0) is 45.0 Å². The van der Waals surface area contributed by atoms with E-state index in [0.717, 1.165) is 0 Å². The van der Waals surface area contributed by atoms with Gasteiger partial charge < -0.3 is 9.64 Å². The second-order valence-electron chi connectivity index (χ2n) is 9.38. The smallest absolute Gasteiger partial charge is 0.261 e. The maximum Gasteiger partial charge on any atom is 0.261 e. The number of benzene rings is 1. The Morgan fingerprint density at radius 3 is 2.66 bits per heavy atom. The van der Waals surface area contributed by atoms with Gasteiger partial charge in [0.15, 0.2) is 0 Å². The van der Waals surface area contributed by atoms with Gasteiger partial charge in [0, 0.05) is 31.2 Å². The van der Waals surface area contributed by atoms with E-state index in [1.165, 1.54) is 15.4 Å². The van der Waals surface area contributed by atoms with Crippen LogP contribution in [0.3, 0.4) is 0 Å². The molecule has 1 aliphatic heterocycles. The molecule has 1 saturated heterocycles. The Morgan fingerprint density at radius 2 is 1.97 bits per heavy atom. The van der Waals surface area contributed by atoms with Crippen molar-refractivity contribution >= 4 is 28.3 Å². The third-order valence-electron chi connectivity index (χ3n) is 6.15. The van der Waals surface area contributed by atoms with Crippen molar-refractivity contribution in [1.82, 2.24) is 29.5 Å². The minimum atomic E-state index is -0.542. The van der Waals surface area contributed by atoms with Crippen LogP contribution < -0.4 is 10.5 Å². The van der Waals surface area contributed by atoms with Crippen molar-refractivity contribution in [3.63, 3.8) is 0 Å². The number of aromatic nitrogens is 6. The van der Waals surface area contributed by atoms with Gasteiger partial charge in [0.1, 0.15) is 40.5 Å². The van der Waals surface area contributed by atoms with Crippen LogP contribution in [-0.2, 0) is 18.8 Å². The van der Waals surface area contributed by atoms with Crippen LogP contribution in [0.15, 0.2) is 35.3 Å². The zero-order chi connectivity index (χ0) is 25.1. The van der Waals surface area contributed by atoms with Gasteiger partial charge in [-0.1, -0.05) is 11.6 Å². The number of hydrogen-bond acceptors (Lipinski definition) is 7. The van der Waals surface area contributed by atoms with Crippen molar-refractivity contribution in [1.29, 1.82) is 0 Å². The van der Waals surface area contributed by atoms with E-state index in [1.807, 2.05) is 18.7 Å². The lowest BCUT2D eigenvalue weighted by molar-refractivity contribution is -0.0875. The van der Waals surface area contributed by atoms with Gasteiger partial charge >= 0.3 is 0 Å². The van der Waals surface area contributed by atoms with E-state index < -0.39 is 11.4 Å². The molecule has 0 unspecified atom stereocenters. The Bertz CT molecular complexity index is 1510. The number of fused-ring (bicyclic) bond motifs is 1. The van der Waals surface area contributed by atoms with E-state index in [4.69, 9.17) is 21.3 Å². The minimum absolute atomic E-state index is 0.222. The molecule has 5 rings (SSSR count). The molecule has 1 aromatic carbocycles. The fourth-order valence-electron chi connectivity index (χ4n) is 4.42. The molecule has 1 aliphatic rings. The zero-order valence-electron chi connectivity index (χ0n) is 20.1. The molecule has 4 heterocycles. The van der Waals surface area contributed by atoms with Gasteiger partial charge in [-0.2, -0.15) is 15.0 Å². The lowest BCUT2D eigenvalue weighted by Gasteiger charge is -2.42. The highest BCUT2D eigenvalue weighted by Gasteiger charge is 2.36. The van der Waals surface area contributed by atoms with Gasteiger partial charge in [-0.3, -0.25) is 9.36 Å². The number of ether oxygens (including phenoxy) is 1. The average Bonchev–Trinajstić information content (AvgIpc) is 3.23. The average molecular weight is 498 g/mol. The summed E-state index contributed by atoms with van der Waals surface area (Å²) in [6, 6.07) is 6.10. The quantitative estimate of drug-likeness (QED) is 0.427. The molecule has 0 saturated carbocycles. The fraction of sp³-hybridized carbons (Fsp3) is 0.375. The Morgan fingerprint density at radius 1 is 1.20 bits per heavy atom. The maximum atomic E-state index is 15.0. The third-order valence-corrected chi connectivity index (χ3v) is 6.38. The summed E-state index contributed by atoms with van der Waals surface area (Å²) < 4.78 is 22.8. The van der Waals surface area contributed by atoms with E-state index in [-0.39, 0.29) is 27.9 Å². The Balaban J connectivity index is 1.71. The van der Waals surface area contributed by atoms with Gasteiger partial charge in [0.05, 0.1) is 23.7 Å². The normalized spacial score (nSPS) is 17.8. The van der Waals surface area contributed by atoms with E-state index in [9.17, 15) is 4.79 Å². The maximum absolute atomic E-state index is 15.0. The van der Waals surface area contributed by atoms with Crippen molar-refractivity contribution in [2.45, 2.75) is 32.5 Å². The topological polar surface area (TPSA) is 91.0 Å². The molecule has 0 radical (unpaired) electrons. The second-order valence-corrected chi connectivity index (χ2v) is 9.81. The number of halogens is 2.